The second kappa shape index (κ2) is 6.51. The molecule has 1 aliphatic heterocycles. The van der Waals surface area contributed by atoms with Crippen LogP contribution in [-0.2, 0) is 0 Å². The summed E-state index contributed by atoms with van der Waals surface area (Å²) < 4.78 is 11.0. The maximum absolute atomic E-state index is 12.6. The van der Waals surface area contributed by atoms with Crippen molar-refractivity contribution in [2.24, 2.45) is 0 Å². The maximum atomic E-state index is 12.6. The van der Waals surface area contributed by atoms with Crippen LogP contribution >= 0.6 is 0 Å². The standard InChI is InChI=1S/C18H18N4O3/c1-12-6-7-15(24-12)16-20-17(25-21-16)14-5-3-9-22(11-14)18(23)13-4-2-8-19-10-13/h2,4,6-8,10,14H,3,5,9,11H2,1H3. The number of carbonyl (C=O) groups is 1. The fourth-order valence-electron chi connectivity index (χ4n) is 3.09. The zero-order valence-corrected chi connectivity index (χ0v) is 13.9. The predicted molar refractivity (Wildman–Crippen MR) is 88.9 cm³/mol. The molecule has 1 saturated heterocycles. The van der Waals surface area contributed by atoms with Gasteiger partial charge in [0, 0.05) is 25.5 Å². The SMILES string of the molecule is Cc1ccc(-c2noc(C3CCCN(C(=O)c4cccnc4)C3)n2)o1. The molecular formula is C18H18N4O3. The number of rotatable bonds is 3. The van der Waals surface area contributed by atoms with E-state index in [2.05, 4.69) is 15.1 Å². The smallest absolute Gasteiger partial charge is 0.255 e. The lowest BCUT2D eigenvalue weighted by atomic mass is 9.97. The van der Waals surface area contributed by atoms with Crippen molar-refractivity contribution >= 4 is 5.91 Å². The van der Waals surface area contributed by atoms with Gasteiger partial charge in [-0.05, 0) is 44.0 Å². The molecule has 7 nitrogen and oxygen atoms in total. The minimum absolute atomic E-state index is 0.0146. The van der Waals surface area contributed by atoms with Gasteiger partial charge in [0.05, 0.1) is 11.5 Å². The summed E-state index contributed by atoms with van der Waals surface area (Å²) in [7, 11) is 0. The molecule has 1 aliphatic rings. The van der Waals surface area contributed by atoms with Crippen molar-refractivity contribution in [3.8, 4) is 11.6 Å². The van der Waals surface area contributed by atoms with Crippen LogP contribution in [-0.4, -0.2) is 39.0 Å². The Bertz CT molecular complexity index is 871. The van der Waals surface area contributed by atoms with E-state index < -0.39 is 0 Å². The highest BCUT2D eigenvalue weighted by Crippen LogP contribution is 2.28. The predicted octanol–water partition coefficient (Wildman–Crippen LogP) is 3.05. The van der Waals surface area contributed by atoms with Gasteiger partial charge < -0.3 is 13.8 Å². The molecule has 0 N–H and O–H groups in total. The van der Waals surface area contributed by atoms with Gasteiger partial charge in [0.2, 0.25) is 11.7 Å². The maximum Gasteiger partial charge on any atom is 0.255 e. The molecule has 3 aromatic heterocycles. The first-order chi connectivity index (χ1) is 12.2. The number of pyridine rings is 1. The molecular weight excluding hydrogens is 320 g/mol. The zero-order valence-electron chi connectivity index (χ0n) is 13.9. The Kier molecular flexibility index (Phi) is 4.05. The molecule has 4 rings (SSSR count). The minimum atomic E-state index is -0.0146. The van der Waals surface area contributed by atoms with Gasteiger partial charge in [-0.15, -0.1) is 0 Å². The Balaban J connectivity index is 1.50. The van der Waals surface area contributed by atoms with Crippen LogP contribution in [0.15, 0.2) is 45.6 Å². The molecule has 0 aliphatic carbocycles. The molecule has 1 atom stereocenters. The molecule has 7 heteroatoms. The summed E-state index contributed by atoms with van der Waals surface area (Å²) in [6.45, 7) is 3.16. The van der Waals surface area contributed by atoms with Crippen molar-refractivity contribution in [3.05, 3.63) is 53.9 Å². The Morgan fingerprint density at radius 1 is 1.32 bits per heavy atom. The van der Waals surface area contributed by atoms with Crippen molar-refractivity contribution in [1.29, 1.82) is 0 Å². The lowest BCUT2D eigenvalue weighted by Gasteiger charge is -2.31. The van der Waals surface area contributed by atoms with Crippen molar-refractivity contribution < 1.29 is 13.7 Å². The fourth-order valence-corrected chi connectivity index (χ4v) is 3.09. The normalized spacial score (nSPS) is 17.6. The summed E-state index contributed by atoms with van der Waals surface area (Å²) in [5.74, 6) is 2.40. The van der Waals surface area contributed by atoms with Crippen molar-refractivity contribution in [2.45, 2.75) is 25.7 Å². The van der Waals surface area contributed by atoms with Crippen molar-refractivity contribution in [1.82, 2.24) is 20.0 Å². The van der Waals surface area contributed by atoms with E-state index in [1.807, 2.05) is 24.0 Å². The molecule has 0 radical (unpaired) electrons. The van der Waals surface area contributed by atoms with Gasteiger partial charge in [0.25, 0.3) is 5.91 Å². The molecule has 128 valence electrons. The van der Waals surface area contributed by atoms with Gasteiger partial charge in [0.15, 0.2) is 5.76 Å². The summed E-state index contributed by atoms with van der Waals surface area (Å²) >= 11 is 0. The average Bonchev–Trinajstić information content (AvgIpc) is 3.31. The topological polar surface area (TPSA) is 85.3 Å². The van der Waals surface area contributed by atoms with Crippen LogP contribution in [0, 0.1) is 6.92 Å². The second-order valence-corrected chi connectivity index (χ2v) is 6.20. The molecule has 1 amide bonds. The largest absolute Gasteiger partial charge is 0.458 e. The fraction of sp³-hybridized carbons (Fsp3) is 0.333. The summed E-state index contributed by atoms with van der Waals surface area (Å²) in [5, 5.41) is 4.01. The molecule has 4 heterocycles. The number of hydrogen-bond acceptors (Lipinski definition) is 6. The van der Waals surface area contributed by atoms with Crippen LogP contribution in [0.5, 0.6) is 0 Å². The molecule has 0 bridgehead atoms. The number of carbonyl (C=O) groups excluding carboxylic acids is 1. The third-order valence-corrected chi connectivity index (χ3v) is 4.37. The van der Waals surface area contributed by atoms with E-state index >= 15 is 0 Å². The average molecular weight is 338 g/mol. The van der Waals surface area contributed by atoms with E-state index in [1.165, 1.54) is 0 Å². The van der Waals surface area contributed by atoms with Gasteiger partial charge in [-0.2, -0.15) is 4.98 Å². The Hall–Kier alpha value is -2.96. The van der Waals surface area contributed by atoms with Crippen LogP contribution in [0.1, 0.15) is 40.8 Å². The highest BCUT2D eigenvalue weighted by Gasteiger charge is 2.29. The highest BCUT2D eigenvalue weighted by atomic mass is 16.5. The van der Waals surface area contributed by atoms with Crippen LogP contribution < -0.4 is 0 Å². The van der Waals surface area contributed by atoms with Gasteiger partial charge in [-0.25, -0.2) is 0 Å². The number of piperidine rings is 1. The molecule has 25 heavy (non-hydrogen) atoms. The first-order valence-corrected chi connectivity index (χ1v) is 8.30. The van der Waals surface area contributed by atoms with Crippen molar-refractivity contribution in [2.75, 3.05) is 13.1 Å². The van der Waals surface area contributed by atoms with E-state index in [4.69, 9.17) is 8.94 Å². The van der Waals surface area contributed by atoms with E-state index in [-0.39, 0.29) is 11.8 Å². The number of furan rings is 1. The Morgan fingerprint density at radius 3 is 3.00 bits per heavy atom. The van der Waals surface area contributed by atoms with Crippen LogP contribution in [0.4, 0.5) is 0 Å². The molecule has 3 aromatic rings. The number of likely N-dealkylation sites (tertiary alicyclic amines) is 1. The van der Waals surface area contributed by atoms with E-state index in [0.29, 0.717) is 29.6 Å². The Labute approximate surface area is 144 Å². The third-order valence-electron chi connectivity index (χ3n) is 4.37. The number of hydrogen-bond donors (Lipinski definition) is 0. The molecule has 0 spiro atoms. The first kappa shape index (κ1) is 15.6. The summed E-state index contributed by atoms with van der Waals surface area (Å²) in [5.41, 5.74) is 0.598. The van der Waals surface area contributed by atoms with Crippen molar-refractivity contribution in [3.63, 3.8) is 0 Å². The number of aryl methyl sites for hydroxylation is 1. The van der Waals surface area contributed by atoms with Gasteiger partial charge >= 0.3 is 0 Å². The first-order valence-electron chi connectivity index (χ1n) is 8.30. The summed E-state index contributed by atoms with van der Waals surface area (Å²) in [6, 6.07) is 7.23. The van der Waals surface area contributed by atoms with E-state index in [0.717, 1.165) is 25.1 Å². The second-order valence-electron chi connectivity index (χ2n) is 6.20. The van der Waals surface area contributed by atoms with Gasteiger partial charge in [-0.3, -0.25) is 9.78 Å². The van der Waals surface area contributed by atoms with Crippen LogP contribution in [0.2, 0.25) is 0 Å². The molecule has 0 saturated carbocycles. The lowest BCUT2D eigenvalue weighted by molar-refractivity contribution is 0.0695. The summed E-state index contributed by atoms with van der Waals surface area (Å²) in [6.07, 6.45) is 5.06. The molecule has 0 aromatic carbocycles. The van der Waals surface area contributed by atoms with Crippen LogP contribution in [0.3, 0.4) is 0 Å². The number of aromatic nitrogens is 3. The monoisotopic (exact) mass is 338 g/mol. The van der Waals surface area contributed by atoms with E-state index in [9.17, 15) is 4.79 Å². The number of amides is 1. The van der Waals surface area contributed by atoms with Gasteiger partial charge in [0.1, 0.15) is 5.76 Å². The highest BCUT2D eigenvalue weighted by molar-refractivity contribution is 5.93. The lowest BCUT2D eigenvalue weighted by Crippen LogP contribution is -2.39. The summed E-state index contributed by atoms with van der Waals surface area (Å²) in [4.78, 5) is 22.9. The van der Waals surface area contributed by atoms with Crippen LogP contribution in [0.25, 0.3) is 11.6 Å². The molecule has 1 unspecified atom stereocenters. The van der Waals surface area contributed by atoms with Gasteiger partial charge in [-0.1, -0.05) is 5.16 Å². The van der Waals surface area contributed by atoms with E-state index in [1.54, 1.807) is 24.5 Å². The number of nitrogens with zero attached hydrogens (tertiary/aromatic N) is 4. The third kappa shape index (κ3) is 3.17. The zero-order chi connectivity index (χ0) is 17.2. The minimum Gasteiger partial charge on any atom is -0.458 e. The Morgan fingerprint density at radius 2 is 2.24 bits per heavy atom. The molecule has 1 fully saturated rings. The quantitative estimate of drug-likeness (QED) is 0.729.